The number of anilines is 2. The molecule has 4 N–H and O–H groups in total. The van der Waals surface area contributed by atoms with Gasteiger partial charge in [-0.2, -0.15) is 4.98 Å². The first-order chi connectivity index (χ1) is 20.4. The van der Waals surface area contributed by atoms with Crippen LogP contribution in [0.1, 0.15) is 30.9 Å². The Bertz CT molecular complexity index is 1830. The molecule has 11 nitrogen and oxygen atoms in total. The highest BCUT2D eigenvalue weighted by Gasteiger charge is 2.37. The number of imidazole rings is 1. The van der Waals surface area contributed by atoms with Crippen LogP contribution in [0.2, 0.25) is 0 Å². The van der Waals surface area contributed by atoms with Crippen molar-refractivity contribution in [2.75, 3.05) is 23.3 Å². The Hall–Kier alpha value is -4.66. The highest BCUT2D eigenvalue weighted by Crippen LogP contribution is 2.34. The number of aromatic nitrogens is 4. The molecule has 0 saturated carbocycles. The van der Waals surface area contributed by atoms with Gasteiger partial charge in [-0.15, -0.1) is 5.92 Å². The second-order valence-electron chi connectivity index (χ2n) is 10.8. The Balaban J connectivity index is 1.51. The fraction of sp³-hybridized carbons (Fsp3) is 0.355. The number of para-hydroxylation sites is 1. The van der Waals surface area contributed by atoms with Crippen LogP contribution in [0.5, 0.6) is 0 Å². The second-order valence-corrected chi connectivity index (χ2v) is 10.8. The molecule has 2 aliphatic heterocycles. The molecule has 6 rings (SSSR count). The Kier molecular flexibility index (Phi) is 7.41. The zero-order valence-corrected chi connectivity index (χ0v) is 23.9. The van der Waals surface area contributed by atoms with Crippen LogP contribution in [0.4, 0.5) is 11.6 Å². The number of nitrogens with two attached hydrogens (primary N) is 1. The monoisotopic (exact) mass is 565 g/mol. The summed E-state index contributed by atoms with van der Waals surface area (Å²) in [5.41, 5.74) is 7.71. The van der Waals surface area contributed by atoms with Gasteiger partial charge in [0.2, 0.25) is 5.95 Å². The van der Waals surface area contributed by atoms with Crippen molar-refractivity contribution in [1.82, 2.24) is 24.0 Å². The minimum absolute atomic E-state index is 0.0122. The molecule has 2 aromatic carbocycles. The van der Waals surface area contributed by atoms with Crippen LogP contribution in [0.15, 0.2) is 69.2 Å². The fourth-order valence-electron chi connectivity index (χ4n) is 5.89. The Labute approximate surface area is 243 Å². The van der Waals surface area contributed by atoms with Crippen LogP contribution in [0.25, 0.3) is 11.2 Å². The lowest BCUT2D eigenvalue weighted by molar-refractivity contribution is 0.286. The number of hydrogen-bond acceptors (Lipinski definition) is 8. The molecule has 2 aliphatic rings. The quantitative estimate of drug-likeness (QED) is 0.292. The average molecular weight is 566 g/mol. The van der Waals surface area contributed by atoms with Crippen molar-refractivity contribution >= 4 is 29.1 Å². The maximum Gasteiger partial charge on any atom is 0.332 e. The molecule has 2 atom stereocenters. The standard InChI is InChI=1S/C31H35N9O2/c1-3-4-17-39-26-27(36-29(39)38-16-10-13-23(32)19-38)37(2)30(42)40(28(26)41)20-31(34-18-22-11-6-5-7-12-22)24-14-8-9-15-25(24)33-21-35-31/h5-9,11-12,14-15,21,23,34H,10,13,16-20,32H2,1-2H3,(H,33,35). The molecule has 0 radical (unpaired) electrons. The summed E-state index contributed by atoms with van der Waals surface area (Å²) < 4.78 is 4.54. The summed E-state index contributed by atoms with van der Waals surface area (Å²) in [5.74, 6) is 6.63. The van der Waals surface area contributed by atoms with Gasteiger partial charge in [0.25, 0.3) is 5.56 Å². The van der Waals surface area contributed by atoms with E-state index in [9.17, 15) is 9.59 Å². The number of hydrogen-bond donors (Lipinski definition) is 3. The Morgan fingerprint density at radius 2 is 1.90 bits per heavy atom. The topological polar surface area (TPSA) is 128 Å². The lowest BCUT2D eigenvalue weighted by Gasteiger charge is -2.36. The minimum Gasteiger partial charge on any atom is -0.346 e. The summed E-state index contributed by atoms with van der Waals surface area (Å²) in [4.78, 5) is 40.0. The van der Waals surface area contributed by atoms with Gasteiger partial charge in [-0.05, 0) is 31.4 Å². The molecule has 0 amide bonds. The second kappa shape index (κ2) is 11.3. The van der Waals surface area contributed by atoms with E-state index in [1.165, 1.54) is 9.13 Å². The maximum absolute atomic E-state index is 14.4. The molecule has 42 heavy (non-hydrogen) atoms. The number of aliphatic imine (C=N–C) groups is 1. The summed E-state index contributed by atoms with van der Waals surface area (Å²) in [6, 6.07) is 17.8. The van der Waals surface area contributed by atoms with Gasteiger partial charge < -0.3 is 16.0 Å². The predicted octanol–water partition coefficient (Wildman–Crippen LogP) is 1.94. The van der Waals surface area contributed by atoms with Crippen LogP contribution >= 0.6 is 0 Å². The van der Waals surface area contributed by atoms with Crippen molar-refractivity contribution in [3.63, 3.8) is 0 Å². The molecule has 2 unspecified atom stereocenters. The van der Waals surface area contributed by atoms with Crippen LogP contribution in [-0.2, 0) is 32.3 Å². The number of benzene rings is 2. The smallest absolute Gasteiger partial charge is 0.332 e. The summed E-state index contributed by atoms with van der Waals surface area (Å²) in [6.45, 7) is 3.88. The number of rotatable bonds is 7. The van der Waals surface area contributed by atoms with E-state index in [2.05, 4.69) is 27.4 Å². The van der Waals surface area contributed by atoms with Gasteiger partial charge >= 0.3 is 5.69 Å². The van der Waals surface area contributed by atoms with E-state index in [0.717, 1.165) is 36.2 Å². The van der Waals surface area contributed by atoms with E-state index in [1.807, 2.05) is 59.2 Å². The molecule has 0 aliphatic carbocycles. The van der Waals surface area contributed by atoms with Crippen molar-refractivity contribution in [1.29, 1.82) is 0 Å². The van der Waals surface area contributed by atoms with E-state index in [-0.39, 0.29) is 19.1 Å². The third kappa shape index (κ3) is 4.89. The Morgan fingerprint density at radius 1 is 1.12 bits per heavy atom. The van der Waals surface area contributed by atoms with E-state index >= 15 is 0 Å². The van der Waals surface area contributed by atoms with Crippen molar-refractivity contribution in [2.45, 2.75) is 51.1 Å². The third-order valence-corrected chi connectivity index (χ3v) is 8.06. The van der Waals surface area contributed by atoms with Crippen molar-refractivity contribution in [3.8, 4) is 11.8 Å². The zero-order valence-electron chi connectivity index (χ0n) is 23.9. The minimum atomic E-state index is -1.09. The van der Waals surface area contributed by atoms with Gasteiger partial charge in [0, 0.05) is 44.0 Å². The van der Waals surface area contributed by atoms with Gasteiger partial charge in [0.1, 0.15) is 0 Å². The first kappa shape index (κ1) is 27.5. The molecule has 0 bridgehead atoms. The van der Waals surface area contributed by atoms with Crippen molar-refractivity contribution < 1.29 is 0 Å². The number of aryl methyl sites for hydroxylation is 1. The first-order valence-corrected chi connectivity index (χ1v) is 14.2. The lowest BCUT2D eigenvalue weighted by Crippen LogP contribution is -2.52. The molecule has 4 heterocycles. The number of piperidine rings is 1. The molecule has 1 fully saturated rings. The summed E-state index contributed by atoms with van der Waals surface area (Å²) >= 11 is 0. The molecule has 4 aromatic rings. The number of nitrogens with zero attached hydrogens (tertiary/aromatic N) is 6. The first-order valence-electron chi connectivity index (χ1n) is 14.2. The molecule has 11 heteroatoms. The van der Waals surface area contributed by atoms with Gasteiger partial charge in [0.15, 0.2) is 16.8 Å². The maximum atomic E-state index is 14.4. The Morgan fingerprint density at radius 3 is 2.69 bits per heavy atom. The van der Waals surface area contributed by atoms with E-state index in [4.69, 9.17) is 15.7 Å². The molecule has 216 valence electrons. The predicted molar refractivity (Wildman–Crippen MR) is 166 cm³/mol. The van der Waals surface area contributed by atoms with Gasteiger partial charge in [0.05, 0.1) is 19.4 Å². The molecular weight excluding hydrogens is 530 g/mol. The zero-order chi connectivity index (χ0) is 29.3. The van der Waals surface area contributed by atoms with Crippen LogP contribution in [0, 0.1) is 11.8 Å². The lowest BCUT2D eigenvalue weighted by atomic mass is 9.95. The largest absolute Gasteiger partial charge is 0.346 e. The fourth-order valence-corrected chi connectivity index (χ4v) is 5.89. The molecule has 1 saturated heterocycles. The summed E-state index contributed by atoms with van der Waals surface area (Å²) in [7, 11) is 1.65. The summed E-state index contributed by atoms with van der Waals surface area (Å²) in [5, 5.41) is 6.78. The highest BCUT2D eigenvalue weighted by molar-refractivity contribution is 5.81. The highest BCUT2D eigenvalue weighted by atomic mass is 16.2. The van der Waals surface area contributed by atoms with Crippen LogP contribution < -0.4 is 32.5 Å². The van der Waals surface area contributed by atoms with Crippen LogP contribution in [-0.4, -0.2) is 44.2 Å². The van der Waals surface area contributed by atoms with Crippen LogP contribution in [0.3, 0.4) is 0 Å². The summed E-state index contributed by atoms with van der Waals surface area (Å²) in [6.07, 6.45) is 3.48. The normalized spacial score (nSPS) is 19.7. The van der Waals surface area contributed by atoms with E-state index in [1.54, 1.807) is 20.3 Å². The van der Waals surface area contributed by atoms with E-state index < -0.39 is 16.9 Å². The van der Waals surface area contributed by atoms with Crippen molar-refractivity contribution in [2.24, 2.45) is 17.8 Å². The van der Waals surface area contributed by atoms with Gasteiger partial charge in [-0.1, -0.05) is 54.5 Å². The number of nitrogens with one attached hydrogen (secondary N) is 2. The van der Waals surface area contributed by atoms with Gasteiger partial charge in [-0.25, -0.2) is 9.79 Å². The van der Waals surface area contributed by atoms with Gasteiger partial charge in [-0.3, -0.25) is 23.8 Å². The average Bonchev–Trinajstić information content (AvgIpc) is 3.40. The molecular formula is C31H35N9O2. The van der Waals surface area contributed by atoms with Crippen molar-refractivity contribution in [3.05, 3.63) is 86.6 Å². The SMILES string of the molecule is CC#CCn1c(N2CCCC(N)C2)nc2c1c(=O)n(CC1(NCc3ccccc3)N=CNc3ccccc31)c(=O)n2C. The molecule has 0 spiro atoms. The molecule has 2 aromatic heterocycles. The third-order valence-electron chi connectivity index (χ3n) is 8.06. The van der Waals surface area contributed by atoms with E-state index in [0.29, 0.717) is 30.2 Å². The number of fused-ring (bicyclic) bond motifs is 2.